The van der Waals surface area contributed by atoms with Gasteiger partial charge in [0.25, 0.3) is 0 Å². The van der Waals surface area contributed by atoms with Gasteiger partial charge in [-0.25, -0.2) is 4.79 Å². The second-order valence-corrected chi connectivity index (χ2v) is 8.99. The molecule has 3 rings (SSSR count). The van der Waals surface area contributed by atoms with E-state index < -0.39 is 17.3 Å². The molecular formula is C20H25ClF3NO3. The van der Waals surface area contributed by atoms with Crippen molar-refractivity contribution in [1.29, 1.82) is 0 Å². The Hall–Kier alpha value is -1.47. The smallest absolute Gasteiger partial charge is 0.418 e. The molecule has 1 aliphatic carbocycles. The maximum atomic E-state index is 13.2. The van der Waals surface area contributed by atoms with Crippen LogP contribution >= 0.6 is 11.6 Å². The summed E-state index contributed by atoms with van der Waals surface area (Å²) >= 11 is 5.75. The van der Waals surface area contributed by atoms with E-state index in [2.05, 4.69) is 0 Å². The van der Waals surface area contributed by atoms with Gasteiger partial charge in [-0.3, -0.25) is 0 Å². The lowest BCUT2D eigenvalue weighted by Gasteiger charge is -2.25. The van der Waals surface area contributed by atoms with Gasteiger partial charge in [-0.15, -0.1) is 0 Å². The summed E-state index contributed by atoms with van der Waals surface area (Å²) in [5, 5.41) is -0.315. The first-order valence-electron chi connectivity index (χ1n) is 9.38. The van der Waals surface area contributed by atoms with E-state index in [1.54, 1.807) is 4.90 Å². The number of amides is 1. The highest BCUT2D eigenvalue weighted by Crippen LogP contribution is 2.41. The first-order valence-corrected chi connectivity index (χ1v) is 9.76. The molecule has 0 radical (unpaired) electrons. The highest BCUT2D eigenvalue weighted by Gasteiger charge is 2.44. The van der Waals surface area contributed by atoms with Crippen molar-refractivity contribution in [3.05, 3.63) is 34.3 Å². The molecule has 0 bridgehead atoms. The van der Waals surface area contributed by atoms with E-state index in [-0.39, 0.29) is 29.4 Å². The zero-order valence-corrected chi connectivity index (χ0v) is 16.9. The lowest BCUT2D eigenvalue weighted by atomic mass is 10.0. The van der Waals surface area contributed by atoms with Crippen LogP contribution in [0.4, 0.5) is 18.0 Å². The molecule has 1 saturated heterocycles. The molecule has 2 fully saturated rings. The number of halogens is 4. The molecule has 2 aliphatic rings. The summed E-state index contributed by atoms with van der Waals surface area (Å²) in [6.07, 6.45) is -3.49. The molecule has 2 atom stereocenters. The lowest BCUT2D eigenvalue weighted by Crippen LogP contribution is -2.36. The van der Waals surface area contributed by atoms with Crippen LogP contribution in [0.25, 0.3) is 0 Å². The maximum absolute atomic E-state index is 13.2. The van der Waals surface area contributed by atoms with Crippen molar-refractivity contribution >= 4 is 17.7 Å². The van der Waals surface area contributed by atoms with Crippen LogP contribution in [0, 0.1) is 11.8 Å². The predicted molar refractivity (Wildman–Crippen MR) is 99.1 cm³/mol. The van der Waals surface area contributed by atoms with Crippen molar-refractivity contribution < 1.29 is 27.4 Å². The molecule has 0 spiro atoms. The number of rotatable bonds is 3. The Kier molecular flexibility index (Phi) is 5.88. The van der Waals surface area contributed by atoms with Crippen molar-refractivity contribution in [2.45, 2.75) is 58.1 Å². The molecule has 1 heterocycles. The van der Waals surface area contributed by atoms with Crippen molar-refractivity contribution in [2.24, 2.45) is 11.8 Å². The van der Waals surface area contributed by atoms with Crippen LogP contribution in [-0.2, 0) is 22.3 Å². The van der Waals surface area contributed by atoms with E-state index in [0.717, 1.165) is 12.8 Å². The van der Waals surface area contributed by atoms with Gasteiger partial charge < -0.3 is 14.4 Å². The van der Waals surface area contributed by atoms with Crippen LogP contribution in [0.5, 0.6) is 0 Å². The van der Waals surface area contributed by atoms with E-state index in [1.165, 1.54) is 18.2 Å². The minimum atomic E-state index is -4.52. The molecule has 0 aromatic heterocycles. The molecule has 1 aromatic carbocycles. The Balaban J connectivity index is 1.55. The number of carbonyl (C=O) groups is 1. The van der Waals surface area contributed by atoms with Crippen molar-refractivity contribution in [3.8, 4) is 0 Å². The van der Waals surface area contributed by atoms with Gasteiger partial charge in [0, 0.05) is 13.1 Å². The van der Waals surface area contributed by atoms with Gasteiger partial charge in [0.15, 0.2) is 0 Å². The van der Waals surface area contributed by atoms with Crippen LogP contribution in [0.3, 0.4) is 0 Å². The predicted octanol–water partition coefficient (Wildman–Crippen LogP) is 5.52. The third-order valence-electron chi connectivity index (χ3n) is 5.22. The molecule has 156 valence electrons. The number of nitrogens with zero attached hydrogens (tertiary/aromatic N) is 1. The van der Waals surface area contributed by atoms with Gasteiger partial charge in [-0.2, -0.15) is 13.2 Å². The molecule has 4 nitrogen and oxygen atoms in total. The quantitative estimate of drug-likeness (QED) is 0.647. The Morgan fingerprint density at radius 3 is 2.32 bits per heavy atom. The number of ether oxygens (including phenoxy) is 2. The summed E-state index contributed by atoms with van der Waals surface area (Å²) in [6.45, 7) is 6.56. The van der Waals surface area contributed by atoms with E-state index in [4.69, 9.17) is 21.1 Å². The number of likely N-dealkylation sites (tertiary alicyclic amines) is 1. The Morgan fingerprint density at radius 2 is 1.79 bits per heavy atom. The summed E-state index contributed by atoms with van der Waals surface area (Å²) in [5.74, 6) is 0.581. The average Bonchev–Trinajstić information content (AvgIpc) is 3.08. The minimum absolute atomic E-state index is 0.0486. The maximum Gasteiger partial charge on any atom is 0.418 e. The Labute approximate surface area is 167 Å². The number of carbonyl (C=O) groups excluding carboxylic acids is 1. The topological polar surface area (TPSA) is 38.8 Å². The van der Waals surface area contributed by atoms with Crippen LogP contribution in [-0.4, -0.2) is 35.8 Å². The normalized spacial score (nSPS) is 25.1. The molecule has 8 heteroatoms. The molecule has 1 aliphatic heterocycles. The standard InChI is InChI=1S/C20H25ClF3NO3/c1-19(2,3)28-18(26)25-9-13-7-15(8-14(13)10-25)27-11-12-5-4-6-16(21)17(12)20(22,23)24/h4-6,13-15H,7-11H2,1-3H3. The zero-order chi connectivity index (χ0) is 20.7. The number of fused-ring (bicyclic) bond motifs is 1. The highest BCUT2D eigenvalue weighted by molar-refractivity contribution is 6.31. The second kappa shape index (κ2) is 7.75. The highest BCUT2D eigenvalue weighted by atomic mass is 35.5. The number of hydrogen-bond acceptors (Lipinski definition) is 3. The van der Waals surface area contributed by atoms with Gasteiger partial charge in [0.2, 0.25) is 0 Å². The number of hydrogen-bond donors (Lipinski definition) is 0. The third-order valence-corrected chi connectivity index (χ3v) is 5.53. The van der Waals surface area contributed by atoms with Gasteiger partial charge >= 0.3 is 12.3 Å². The fraction of sp³-hybridized carbons (Fsp3) is 0.650. The van der Waals surface area contributed by atoms with Gasteiger partial charge in [-0.05, 0) is 57.1 Å². The number of benzene rings is 1. The summed E-state index contributed by atoms with van der Waals surface area (Å²) in [4.78, 5) is 13.9. The summed E-state index contributed by atoms with van der Waals surface area (Å²) in [7, 11) is 0. The van der Waals surface area contributed by atoms with Gasteiger partial charge in [-0.1, -0.05) is 23.7 Å². The monoisotopic (exact) mass is 419 g/mol. The number of alkyl halides is 3. The first kappa shape index (κ1) is 21.2. The fourth-order valence-corrected chi connectivity index (χ4v) is 4.37. The molecular weight excluding hydrogens is 395 g/mol. The van der Waals surface area contributed by atoms with Crippen molar-refractivity contribution in [3.63, 3.8) is 0 Å². The lowest BCUT2D eigenvalue weighted by molar-refractivity contribution is -0.139. The molecule has 0 N–H and O–H groups in total. The van der Waals surface area contributed by atoms with Crippen LogP contribution in [0.2, 0.25) is 5.02 Å². The molecule has 1 amide bonds. The SMILES string of the molecule is CC(C)(C)OC(=O)N1CC2CC(OCc3cccc(Cl)c3C(F)(F)F)CC2C1. The van der Waals surface area contributed by atoms with Gasteiger partial charge in [0.1, 0.15) is 5.60 Å². The Morgan fingerprint density at radius 1 is 1.18 bits per heavy atom. The van der Waals surface area contributed by atoms with Gasteiger partial charge in [0.05, 0.1) is 23.3 Å². The zero-order valence-electron chi connectivity index (χ0n) is 16.2. The van der Waals surface area contributed by atoms with E-state index in [0.29, 0.717) is 24.9 Å². The first-order chi connectivity index (χ1) is 12.9. The van der Waals surface area contributed by atoms with E-state index in [1.807, 2.05) is 20.8 Å². The second-order valence-electron chi connectivity index (χ2n) is 8.58. The largest absolute Gasteiger partial charge is 0.444 e. The minimum Gasteiger partial charge on any atom is -0.444 e. The van der Waals surface area contributed by atoms with E-state index >= 15 is 0 Å². The van der Waals surface area contributed by atoms with Crippen LogP contribution in [0.1, 0.15) is 44.7 Å². The van der Waals surface area contributed by atoms with E-state index in [9.17, 15) is 18.0 Å². The fourth-order valence-electron chi connectivity index (χ4n) is 4.07. The third kappa shape index (κ3) is 4.92. The van der Waals surface area contributed by atoms with Crippen molar-refractivity contribution in [1.82, 2.24) is 4.90 Å². The molecule has 1 aromatic rings. The van der Waals surface area contributed by atoms with Crippen LogP contribution in [0.15, 0.2) is 18.2 Å². The summed E-state index contributed by atoms with van der Waals surface area (Å²) in [6, 6.07) is 4.13. The molecule has 28 heavy (non-hydrogen) atoms. The molecule has 1 saturated carbocycles. The summed E-state index contributed by atoms with van der Waals surface area (Å²) < 4.78 is 50.9. The molecule has 2 unspecified atom stereocenters. The van der Waals surface area contributed by atoms with Crippen LogP contribution < -0.4 is 0 Å². The Bertz CT molecular complexity index is 718. The van der Waals surface area contributed by atoms with Crippen molar-refractivity contribution in [2.75, 3.05) is 13.1 Å². The summed E-state index contributed by atoms with van der Waals surface area (Å²) in [5.41, 5.74) is -1.31. The average molecular weight is 420 g/mol.